The van der Waals surface area contributed by atoms with Crippen LogP contribution in [0.15, 0.2) is 135 Å². The number of nitrogens with one attached hydrogen (secondary N) is 4. The highest BCUT2D eigenvalue weighted by molar-refractivity contribution is 7.10. The molecule has 0 saturated carbocycles. The molecule has 6 aromatic heterocycles. The first-order chi connectivity index (χ1) is 54.5. The second-order valence-corrected chi connectivity index (χ2v) is 30.8. The Labute approximate surface area is 707 Å². The number of nitrogens with two attached hydrogens (primary N) is 3. The molecule has 4 amide bonds. The van der Waals surface area contributed by atoms with Crippen molar-refractivity contribution in [1.82, 2.24) is 40.5 Å². The topological polar surface area (TPSA) is 438 Å². The lowest BCUT2D eigenvalue weighted by Crippen LogP contribution is -2.55. The summed E-state index contributed by atoms with van der Waals surface area (Å²) >= 11 is 4.09. The third-order valence-electron chi connectivity index (χ3n) is 18.3. The Morgan fingerprint density at radius 3 is 1.21 bits per heavy atom. The Bertz CT molecular complexity index is 4850. The number of aromatic carboxylic acids is 1. The summed E-state index contributed by atoms with van der Waals surface area (Å²) in [7, 11) is 1.40. The Morgan fingerprint density at radius 2 is 0.858 bits per heavy atom. The van der Waals surface area contributed by atoms with E-state index in [-0.39, 0.29) is 154 Å². The number of hydrogen-bond donors (Lipinski definition) is 8. The Hall–Kier alpha value is -10.8. The molecule has 3 saturated heterocycles. The predicted octanol–water partition coefficient (Wildman–Crippen LogP) is 14.0. The summed E-state index contributed by atoms with van der Waals surface area (Å²) in [4.78, 5) is 104. The van der Waals surface area contributed by atoms with Gasteiger partial charge in [-0.15, -0.1) is 46.4 Å². The summed E-state index contributed by atoms with van der Waals surface area (Å²) in [6, 6.07) is 22.9. The number of anilines is 3. The van der Waals surface area contributed by atoms with Gasteiger partial charge in [-0.2, -0.15) is 26.3 Å². The van der Waals surface area contributed by atoms with Crippen molar-refractivity contribution in [3.8, 4) is 17.2 Å². The number of carbonyl (C=O) groups is 5. The minimum atomic E-state index is -2.99. The van der Waals surface area contributed by atoms with E-state index in [1.165, 1.54) is 53.3 Å². The molecular weight excluding hydrogens is 1660 g/mol. The number of nitrogens with zero attached hydrogens (tertiary/aromatic N) is 9. The molecule has 14 rings (SSSR count). The first kappa shape index (κ1) is 99.8. The second-order valence-electron chi connectivity index (χ2n) is 28.3. The average Bonchev–Trinajstić information content (AvgIpc) is 1.31. The van der Waals surface area contributed by atoms with Gasteiger partial charge < -0.3 is 74.7 Å². The standard InChI is InChI=1S/C27H27F2N5O5S.C20H23F2N5O4S.C19H22N4O3S.C7H5F2NO3.CH5NO.4CH4.ClH/c1-15-9-18(39-24(28)29)11-30-20(15)22(36)31-19-13-40-23(32-19)27-14-38-26(2,3)10-17(27)12-37-25(34-27)33-21(35)16-7-5-4-6-8-16;1-10-4-12(31-17(21)22)6-24-14(10)15(28)25-13-8-32-16(26-13)20-9-30-19(2,3)5-11(20)7-29-18(23)27-20;1-18(2)8-13-9-25-17(22-15(24)12-6-4-3-5-7-12)23-19(13,11-26-18)16-21-14(20)10-27-16;8-7(9)13-4-1-2-5(6(11)12)10-3-4;1-3-2;;;;;/h4-9,11,13,17,24H,10,12,14H2,1-3H3,(H,31,36)(H,33,34,35);4,6,8,11,17H,5,7,9H2,1-3H3,(H2,23,27)(H,25,28);3-7,10,13H,8-9,11,20H2,1-2H3,(H,22,23,24);1-3,7H,(H,11,12);2H2,1H3;4*1H4;1H/t17-,27-;11-,20-;13-,19-;;;;;;;/m000......./s1. The highest BCUT2D eigenvalue weighted by atomic mass is 35.5. The van der Waals surface area contributed by atoms with Crippen molar-refractivity contribution < 1.29 is 103 Å². The number of aliphatic imine (C=N–C) groups is 3. The minimum Gasteiger partial charge on any atom is -0.477 e. The smallest absolute Gasteiger partial charge is 0.387 e. The molecule has 6 aliphatic rings. The van der Waals surface area contributed by atoms with Crippen molar-refractivity contribution in [3.05, 3.63) is 174 Å². The summed E-state index contributed by atoms with van der Waals surface area (Å²) in [6.07, 6.45) is 5.18. The zero-order valence-corrected chi connectivity index (χ0v) is 66.9. The molecule has 0 aliphatic carbocycles. The summed E-state index contributed by atoms with van der Waals surface area (Å²) in [6.45, 7) is 8.37. The van der Waals surface area contributed by atoms with Gasteiger partial charge in [-0.05, 0) is 134 Å². The molecule has 3 fully saturated rings. The van der Waals surface area contributed by atoms with E-state index < -0.39 is 59.8 Å². The van der Waals surface area contributed by atoms with Crippen LogP contribution in [-0.4, -0.2) is 166 Å². The maximum atomic E-state index is 12.9. The zero-order chi connectivity index (χ0) is 83.2. The van der Waals surface area contributed by atoms with Gasteiger partial charge in [-0.3, -0.25) is 29.8 Å². The van der Waals surface area contributed by atoms with Gasteiger partial charge in [-0.25, -0.2) is 55.6 Å². The van der Waals surface area contributed by atoms with Crippen molar-refractivity contribution in [2.24, 2.45) is 44.4 Å². The number of thiazole rings is 3. The molecule has 32 nitrogen and oxygen atoms in total. The summed E-state index contributed by atoms with van der Waals surface area (Å²) in [5.74, 6) is 2.06. The van der Waals surface area contributed by atoms with Gasteiger partial charge in [0.2, 0.25) is 0 Å². The first-order valence-corrected chi connectivity index (χ1v) is 37.7. The number of aryl methyl sites for hydroxylation is 2. The number of pyridine rings is 3. The number of carboxylic acid groups (broad SMARTS) is 1. The Morgan fingerprint density at radius 1 is 0.500 bits per heavy atom. The van der Waals surface area contributed by atoms with Crippen LogP contribution in [-0.2, 0) is 49.9 Å². The molecule has 654 valence electrons. The van der Waals surface area contributed by atoms with E-state index >= 15 is 0 Å². The second kappa shape index (κ2) is 42.9. The molecule has 8 aromatic rings. The SMILES string of the molecule is C.C.C.C.CC1(C)C[C@H]2COC(NC(=O)c3ccccc3)=N[C@@]2(c2nc(N)cs2)CO1.CON.Cc1cc(OC(F)F)cnc1C(=O)Nc1csc([C@]23COC(C)(C)C[C@H]2COC(N)=N3)n1.Cc1cc(OC(F)F)cnc1C(=O)Nc1csc([C@]23COC(C)(C)C[C@H]2COC(NC(=O)c2ccccc2)=N3)n1.Cl.O=C(O)c1ccc(OC(F)F)cn1. The highest BCUT2D eigenvalue weighted by Gasteiger charge is 2.56. The number of rotatable bonds is 16. The largest absolute Gasteiger partial charge is 0.477 e. The molecule has 0 radical (unpaired) electrons. The van der Waals surface area contributed by atoms with E-state index in [2.05, 4.69) is 95.0 Å². The zero-order valence-electron chi connectivity index (χ0n) is 63.6. The van der Waals surface area contributed by atoms with Gasteiger partial charge in [0, 0.05) is 45.0 Å². The van der Waals surface area contributed by atoms with Gasteiger partial charge in [0.25, 0.3) is 41.7 Å². The first-order valence-electron chi connectivity index (χ1n) is 35.1. The van der Waals surface area contributed by atoms with Crippen molar-refractivity contribution in [2.75, 3.05) is 63.1 Å². The number of amidine groups is 3. The number of carboxylic acids is 1. The van der Waals surface area contributed by atoms with Gasteiger partial charge >= 0.3 is 25.8 Å². The normalized spacial score (nSPS) is 20.9. The van der Waals surface area contributed by atoms with E-state index in [1.807, 2.05) is 52.0 Å². The number of carbonyl (C=O) groups excluding carboxylic acids is 4. The number of alkyl halides is 6. The number of aromatic nitrogens is 6. The molecule has 0 unspecified atom stereocenters. The van der Waals surface area contributed by atoms with Crippen LogP contribution in [0.3, 0.4) is 0 Å². The highest BCUT2D eigenvalue weighted by Crippen LogP contribution is 2.51. The van der Waals surface area contributed by atoms with E-state index in [0.717, 1.165) is 42.2 Å². The third kappa shape index (κ3) is 25.4. The monoisotopic (exact) mass is 1760 g/mol. The fourth-order valence-corrected chi connectivity index (χ4v) is 15.7. The van der Waals surface area contributed by atoms with Crippen molar-refractivity contribution in [2.45, 2.75) is 158 Å². The minimum absolute atomic E-state index is 0. The van der Waals surface area contributed by atoms with Gasteiger partial charge in [0.1, 0.15) is 83.4 Å². The van der Waals surface area contributed by atoms with Gasteiger partial charge in [0.15, 0.2) is 0 Å². The summed E-state index contributed by atoms with van der Waals surface area (Å²) in [5.41, 5.74) is 9.96. The van der Waals surface area contributed by atoms with Crippen LogP contribution in [0.5, 0.6) is 17.2 Å². The van der Waals surface area contributed by atoms with Crippen LogP contribution in [0, 0.1) is 31.6 Å². The number of benzene rings is 2. The fraction of sp³-hybridized carbons (Fsp3) is 0.436. The maximum absolute atomic E-state index is 12.9. The Balaban J connectivity index is 0.000000291. The van der Waals surface area contributed by atoms with Gasteiger partial charge in [-0.1, -0.05) is 66.1 Å². The number of ether oxygens (including phenoxy) is 9. The van der Waals surface area contributed by atoms with Gasteiger partial charge in [0.05, 0.1) is 82.1 Å². The fourth-order valence-electron chi connectivity index (χ4n) is 12.9. The maximum Gasteiger partial charge on any atom is 0.387 e. The number of fused-ring (bicyclic) bond motifs is 3. The van der Waals surface area contributed by atoms with Crippen LogP contribution in [0.1, 0.15) is 169 Å². The molecule has 6 aliphatic heterocycles. The lowest BCUT2D eigenvalue weighted by Gasteiger charge is -2.47. The lowest BCUT2D eigenvalue weighted by molar-refractivity contribution is -0.128. The molecule has 0 bridgehead atoms. The molecule has 2 aromatic carbocycles. The molecule has 6 atom stereocenters. The van der Waals surface area contributed by atoms with Crippen LogP contribution in [0.4, 0.5) is 43.8 Å². The summed E-state index contributed by atoms with van der Waals surface area (Å²) < 4.78 is 121. The molecular formula is C78H99ClF6N16O16S3. The van der Waals surface area contributed by atoms with Crippen LogP contribution in [0.2, 0.25) is 0 Å². The van der Waals surface area contributed by atoms with Crippen molar-refractivity contribution in [3.63, 3.8) is 0 Å². The molecule has 120 heavy (non-hydrogen) atoms. The van der Waals surface area contributed by atoms with Crippen LogP contribution < -0.4 is 52.8 Å². The molecule has 12 heterocycles. The number of halogens is 7. The number of hydrogen-bond acceptors (Lipinski definition) is 30. The van der Waals surface area contributed by atoms with E-state index in [0.29, 0.717) is 83.2 Å². The van der Waals surface area contributed by atoms with Crippen LogP contribution >= 0.6 is 46.4 Å². The van der Waals surface area contributed by atoms with Crippen molar-refractivity contribution >= 4 is 112 Å². The summed E-state index contributed by atoms with van der Waals surface area (Å²) in [5, 5.41) is 26.5. The quantitative estimate of drug-likeness (QED) is 0.0329. The number of nitrogen functional groups attached to an aromatic ring is 1. The molecule has 11 N–H and O–H groups in total. The van der Waals surface area contributed by atoms with E-state index in [4.69, 9.17) is 55.0 Å². The predicted molar refractivity (Wildman–Crippen MR) is 443 cm³/mol. The number of amides is 4. The third-order valence-corrected chi connectivity index (χ3v) is 21.3. The van der Waals surface area contributed by atoms with E-state index in [9.17, 15) is 50.3 Å². The molecule has 42 heteroatoms. The van der Waals surface area contributed by atoms with Crippen LogP contribution in [0.25, 0.3) is 0 Å². The average molecular weight is 1760 g/mol. The van der Waals surface area contributed by atoms with E-state index in [1.54, 1.807) is 66.4 Å². The molecule has 0 spiro atoms. The Kier molecular flexibility index (Phi) is 35.7. The van der Waals surface area contributed by atoms with Crippen molar-refractivity contribution in [1.29, 1.82) is 0 Å². The lowest BCUT2D eigenvalue weighted by atomic mass is 9.76.